The summed E-state index contributed by atoms with van der Waals surface area (Å²) in [4.78, 5) is 0. The lowest BCUT2D eigenvalue weighted by atomic mass is 9.91. The van der Waals surface area contributed by atoms with Crippen molar-refractivity contribution in [2.75, 3.05) is 26.8 Å². The van der Waals surface area contributed by atoms with Crippen LogP contribution in [0.3, 0.4) is 0 Å². The summed E-state index contributed by atoms with van der Waals surface area (Å²) in [6.45, 7) is 5.05. The fourth-order valence-corrected chi connectivity index (χ4v) is 2.41. The molecule has 0 saturated carbocycles. The maximum absolute atomic E-state index is 5.68. The molecule has 1 aromatic rings. The van der Waals surface area contributed by atoms with E-state index in [9.17, 15) is 0 Å². The number of hydrogen-bond acceptors (Lipinski definition) is 3. The minimum Gasteiger partial charge on any atom is -0.493 e. The van der Waals surface area contributed by atoms with Crippen LogP contribution in [0.4, 0.5) is 0 Å². The van der Waals surface area contributed by atoms with Crippen molar-refractivity contribution in [1.29, 1.82) is 0 Å². The highest BCUT2D eigenvalue weighted by Crippen LogP contribution is 2.33. The van der Waals surface area contributed by atoms with Gasteiger partial charge in [0.2, 0.25) is 0 Å². The molecule has 1 aliphatic rings. The Bertz CT molecular complexity index is 373. The third kappa shape index (κ3) is 3.16. The number of hydrogen-bond donors (Lipinski definition) is 1. The van der Waals surface area contributed by atoms with E-state index in [0.717, 1.165) is 37.6 Å². The van der Waals surface area contributed by atoms with E-state index in [1.54, 1.807) is 7.11 Å². The van der Waals surface area contributed by atoms with Gasteiger partial charge in [-0.25, -0.2) is 0 Å². The third-order valence-corrected chi connectivity index (χ3v) is 3.42. The molecule has 2 rings (SSSR count). The zero-order valence-corrected chi connectivity index (χ0v) is 11.4. The number of ether oxygens (including phenoxy) is 2. The minimum absolute atomic E-state index is 0.605. The van der Waals surface area contributed by atoms with Crippen LogP contribution in [0.2, 0.25) is 0 Å². The topological polar surface area (TPSA) is 30.5 Å². The van der Waals surface area contributed by atoms with Crippen molar-refractivity contribution in [2.24, 2.45) is 0 Å². The molecule has 1 heterocycles. The maximum atomic E-state index is 5.68. The van der Waals surface area contributed by atoms with Crippen molar-refractivity contribution >= 4 is 0 Å². The van der Waals surface area contributed by atoms with Crippen LogP contribution in [-0.2, 0) is 0 Å². The first-order valence-corrected chi connectivity index (χ1v) is 6.86. The van der Waals surface area contributed by atoms with Gasteiger partial charge < -0.3 is 14.8 Å². The highest BCUT2D eigenvalue weighted by Gasteiger charge is 2.17. The van der Waals surface area contributed by atoms with Gasteiger partial charge in [0.15, 0.2) is 11.5 Å². The Balaban J connectivity index is 2.12. The Labute approximate surface area is 109 Å². The summed E-state index contributed by atoms with van der Waals surface area (Å²) in [5, 5.41) is 3.45. The van der Waals surface area contributed by atoms with Crippen molar-refractivity contribution in [3.8, 4) is 11.5 Å². The van der Waals surface area contributed by atoms with Gasteiger partial charge in [0.05, 0.1) is 13.7 Å². The van der Waals surface area contributed by atoms with Crippen molar-refractivity contribution in [1.82, 2.24) is 5.32 Å². The first-order valence-electron chi connectivity index (χ1n) is 6.86. The molecule has 0 radical (unpaired) electrons. The normalized spacial score (nSPS) is 19.6. The fraction of sp³-hybridized carbons (Fsp3) is 0.600. The largest absolute Gasteiger partial charge is 0.493 e. The summed E-state index contributed by atoms with van der Waals surface area (Å²) in [5.74, 6) is 2.31. The molecule has 0 amide bonds. The van der Waals surface area contributed by atoms with E-state index in [1.165, 1.54) is 18.4 Å². The number of nitrogens with one attached hydrogen (secondary N) is 1. The van der Waals surface area contributed by atoms with Crippen molar-refractivity contribution < 1.29 is 9.47 Å². The van der Waals surface area contributed by atoms with E-state index >= 15 is 0 Å². The summed E-state index contributed by atoms with van der Waals surface area (Å²) < 4.78 is 11.1. The van der Waals surface area contributed by atoms with Crippen LogP contribution in [0.5, 0.6) is 11.5 Å². The molecule has 18 heavy (non-hydrogen) atoms. The van der Waals surface area contributed by atoms with E-state index in [1.807, 2.05) is 6.07 Å². The highest BCUT2D eigenvalue weighted by atomic mass is 16.5. The van der Waals surface area contributed by atoms with Gasteiger partial charge in [0, 0.05) is 6.54 Å². The second-order valence-corrected chi connectivity index (χ2v) is 4.80. The lowest BCUT2D eigenvalue weighted by molar-refractivity contribution is 0.294. The van der Waals surface area contributed by atoms with Gasteiger partial charge in [-0.15, -0.1) is 0 Å². The molecule has 0 spiro atoms. The molecule has 1 N–H and O–H groups in total. The molecule has 100 valence electrons. The molecule has 0 aliphatic carbocycles. The lowest BCUT2D eigenvalue weighted by Crippen LogP contribution is -2.28. The molecule has 1 aromatic carbocycles. The molecule has 1 aliphatic heterocycles. The van der Waals surface area contributed by atoms with Crippen LogP contribution < -0.4 is 14.8 Å². The molecule has 0 bridgehead atoms. The zero-order valence-electron chi connectivity index (χ0n) is 11.4. The van der Waals surface area contributed by atoms with Gasteiger partial charge in [0.1, 0.15) is 0 Å². The summed E-state index contributed by atoms with van der Waals surface area (Å²) in [6, 6.07) is 6.34. The average Bonchev–Trinajstić information content (AvgIpc) is 2.46. The van der Waals surface area contributed by atoms with Gasteiger partial charge in [0.25, 0.3) is 0 Å². The molecular formula is C15H23NO2. The molecule has 1 unspecified atom stereocenters. The molecule has 1 fully saturated rings. The summed E-state index contributed by atoms with van der Waals surface area (Å²) in [5.41, 5.74) is 1.35. The molecule has 3 nitrogen and oxygen atoms in total. The van der Waals surface area contributed by atoms with Gasteiger partial charge in [-0.05, 0) is 49.4 Å². The second-order valence-electron chi connectivity index (χ2n) is 4.80. The second kappa shape index (κ2) is 6.64. The first-order chi connectivity index (χ1) is 8.85. The molecule has 3 heteroatoms. The molecule has 0 aromatic heterocycles. The van der Waals surface area contributed by atoms with E-state index < -0.39 is 0 Å². The van der Waals surface area contributed by atoms with E-state index in [-0.39, 0.29) is 0 Å². The molecular weight excluding hydrogens is 226 g/mol. The Morgan fingerprint density at radius 3 is 2.89 bits per heavy atom. The van der Waals surface area contributed by atoms with Crippen LogP contribution in [0.25, 0.3) is 0 Å². The highest BCUT2D eigenvalue weighted by molar-refractivity contribution is 5.44. The SMILES string of the molecule is CCCOc1ccc(C2CCCNC2)cc1OC. The predicted octanol–water partition coefficient (Wildman–Crippen LogP) is 2.95. The van der Waals surface area contributed by atoms with E-state index in [2.05, 4.69) is 24.4 Å². The van der Waals surface area contributed by atoms with Gasteiger partial charge in [-0.3, -0.25) is 0 Å². The average molecular weight is 249 g/mol. The van der Waals surface area contributed by atoms with E-state index in [4.69, 9.17) is 9.47 Å². The maximum Gasteiger partial charge on any atom is 0.161 e. The monoisotopic (exact) mass is 249 g/mol. The van der Waals surface area contributed by atoms with Crippen LogP contribution in [0, 0.1) is 0 Å². The van der Waals surface area contributed by atoms with Crippen LogP contribution in [0.1, 0.15) is 37.7 Å². The van der Waals surface area contributed by atoms with Crippen LogP contribution in [-0.4, -0.2) is 26.8 Å². The van der Waals surface area contributed by atoms with Crippen molar-refractivity contribution in [3.63, 3.8) is 0 Å². The molecule has 1 atom stereocenters. The van der Waals surface area contributed by atoms with Crippen LogP contribution in [0.15, 0.2) is 18.2 Å². The quantitative estimate of drug-likeness (QED) is 0.870. The molecule has 1 saturated heterocycles. The van der Waals surface area contributed by atoms with Crippen molar-refractivity contribution in [3.05, 3.63) is 23.8 Å². The predicted molar refractivity (Wildman–Crippen MR) is 73.6 cm³/mol. The minimum atomic E-state index is 0.605. The number of benzene rings is 1. The van der Waals surface area contributed by atoms with E-state index in [0.29, 0.717) is 5.92 Å². The lowest BCUT2D eigenvalue weighted by Gasteiger charge is -2.24. The fourth-order valence-electron chi connectivity index (χ4n) is 2.41. The zero-order chi connectivity index (χ0) is 12.8. The smallest absolute Gasteiger partial charge is 0.161 e. The third-order valence-electron chi connectivity index (χ3n) is 3.42. The summed E-state index contributed by atoms with van der Waals surface area (Å²) in [6.07, 6.45) is 3.52. The Morgan fingerprint density at radius 1 is 1.33 bits per heavy atom. The first kappa shape index (κ1) is 13.2. The van der Waals surface area contributed by atoms with Crippen molar-refractivity contribution in [2.45, 2.75) is 32.1 Å². The number of rotatable bonds is 5. The van der Waals surface area contributed by atoms with Gasteiger partial charge >= 0.3 is 0 Å². The Kier molecular flexibility index (Phi) is 4.88. The Hall–Kier alpha value is -1.22. The van der Waals surface area contributed by atoms with Crippen LogP contribution >= 0.6 is 0 Å². The van der Waals surface area contributed by atoms with Gasteiger partial charge in [-0.1, -0.05) is 13.0 Å². The number of methoxy groups -OCH3 is 1. The number of piperidine rings is 1. The van der Waals surface area contributed by atoms with Gasteiger partial charge in [-0.2, -0.15) is 0 Å². The summed E-state index contributed by atoms with van der Waals surface area (Å²) in [7, 11) is 1.71. The standard InChI is InChI=1S/C15H23NO2/c1-3-9-18-14-7-6-12(10-15(14)17-2)13-5-4-8-16-11-13/h6-7,10,13,16H,3-5,8-9,11H2,1-2H3. The Morgan fingerprint density at radius 2 is 2.22 bits per heavy atom. The summed E-state index contributed by atoms with van der Waals surface area (Å²) >= 11 is 0.